The van der Waals surface area contributed by atoms with Crippen molar-refractivity contribution in [1.29, 1.82) is 0 Å². The second kappa shape index (κ2) is 5.04. The summed E-state index contributed by atoms with van der Waals surface area (Å²) in [5.41, 5.74) is 8.42. The Morgan fingerprint density at radius 3 is 2.59 bits per heavy atom. The van der Waals surface area contributed by atoms with E-state index in [4.69, 9.17) is 5.73 Å². The largest absolute Gasteiger partial charge is 0.384 e. The van der Waals surface area contributed by atoms with Crippen LogP contribution in [0.1, 0.15) is 30.4 Å². The summed E-state index contributed by atoms with van der Waals surface area (Å²) in [7, 11) is 0. The minimum Gasteiger partial charge on any atom is -0.384 e. The molecule has 2 N–H and O–H groups in total. The summed E-state index contributed by atoms with van der Waals surface area (Å²) in [6.45, 7) is 4.96. The highest BCUT2D eigenvalue weighted by Gasteiger charge is 2.10. The van der Waals surface area contributed by atoms with Crippen LogP contribution in [0.2, 0.25) is 0 Å². The fourth-order valence-corrected chi connectivity index (χ4v) is 2.03. The molecule has 0 atom stereocenters. The molecule has 3 heteroatoms. The van der Waals surface area contributed by atoms with Crippen LogP contribution in [-0.2, 0) is 13.0 Å². The first-order chi connectivity index (χ1) is 8.22. The van der Waals surface area contributed by atoms with Gasteiger partial charge in [0, 0.05) is 0 Å². The predicted octanol–water partition coefficient (Wildman–Crippen LogP) is 2.77. The molecule has 0 saturated carbocycles. The quantitative estimate of drug-likeness (QED) is 0.876. The Kier molecular flexibility index (Phi) is 3.47. The number of benzene rings is 1. The van der Waals surface area contributed by atoms with Crippen molar-refractivity contribution in [3.05, 3.63) is 47.4 Å². The zero-order valence-electron chi connectivity index (χ0n) is 10.5. The molecule has 2 rings (SSSR count). The van der Waals surface area contributed by atoms with Gasteiger partial charge in [0.25, 0.3) is 0 Å². The smallest absolute Gasteiger partial charge is 0.127 e. The topological polar surface area (TPSA) is 43.8 Å². The number of aryl methyl sites for hydroxylation is 2. The first-order valence-electron chi connectivity index (χ1n) is 6.07. The zero-order chi connectivity index (χ0) is 12.3. The third-order valence-electron chi connectivity index (χ3n) is 2.94. The molecule has 0 saturated heterocycles. The van der Waals surface area contributed by atoms with Gasteiger partial charge in [-0.05, 0) is 18.9 Å². The highest BCUT2D eigenvalue weighted by molar-refractivity contribution is 5.39. The lowest BCUT2D eigenvalue weighted by molar-refractivity contribution is 0.771. The Bertz CT molecular complexity index is 486. The van der Waals surface area contributed by atoms with Gasteiger partial charge in [-0.3, -0.25) is 0 Å². The molecule has 0 fully saturated rings. The number of nitrogens with zero attached hydrogens (tertiary/aromatic N) is 2. The molecule has 0 aliphatic rings. The van der Waals surface area contributed by atoms with Crippen LogP contribution in [0.25, 0.3) is 0 Å². The van der Waals surface area contributed by atoms with Gasteiger partial charge in [-0.2, -0.15) is 0 Å². The van der Waals surface area contributed by atoms with E-state index >= 15 is 0 Å². The lowest BCUT2D eigenvalue weighted by Gasteiger charge is -2.07. The summed E-state index contributed by atoms with van der Waals surface area (Å²) in [5.74, 6) is 1.81. The molecule has 1 heterocycles. The molecular formula is C14H19N3. The predicted molar refractivity (Wildman–Crippen MR) is 70.9 cm³/mol. The van der Waals surface area contributed by atoms with E-state index in [2.05, 4.69) is 28.6 Å². The van der Waals surface area contributed by atoms with Crippen molar-refractivity contribution in [3.8, 4) is 0 Å². The molecule has 17 heavy (non-hydrogen) atoms. The number of anilines is 1. The number of nitrogen functional groups attached to an aromatic ring is 1. The lowest BCUT2D eigenvalue weighted by atomic mass is 10.2. The van der Waals surface area contributed by atoms with E-state index in [-0.39, 0.29) is 0 Å². The van der Waals surface area contributed by atoms with Gasteiger partial charge >= 0.3 is 0 Å². The highest BCUT2D eigenvalue weighted by Crippen LogP contribution is 2.17. The molecule has 1 aromatic heterocycles. The molecule has 0 aliphatic heterocycles. The number of hydrogen-bond donors (Lipinski definition) is 1. The SMILES string of the molecule is CCCc1nc(C)n(Cc2ccccc2)c1N. The van der Waals surface area contributed by atoms with E-state index in [1.54, 1.807) is 0 Å². The van der Waals surface area contributed by atoms with Crippen LogP contribution < -0.4 is 5.73 Å². The lowest BCUT2D eigenvalue weighted by Crippen LogP contribution is -2.06. The summed E-state index contributed by atoms with van der Waals surface area (Å²) in [6.07, 6.45) is 2.03. The molecule has 1 aromatic carbocycles. The van der Waals surface area contributed by atoms with Crippen molar-refractivity contribution in [3.63, 3.8) is 0 Å². The fraction of sp³-hybridized carbons (Fsp3) is 0.357. The number of hydrogen-bond acceptors (Lipinski definition) is 2. The van der Waals surface area contributed by atoms with Crippen LogP contribution in [0.5, 0.6) is 0 Å². The molecule has 0 unspecified atom stereocenters. The highest BCUT2D eigenvalue weighted by atomic mass is 15.1. The summed E-state index contributed by atoms with van der Waals surface area (Å²) < 4.78 is 2.08. The van der Waals surface area contributed by atoms with E-state index in [0.717, 1.165) is 36.7 Å². The standard InChI is InChI=1S/C14H19N3/c1-3-7-13-14(15)17(11(2)16-13)10-12-8-5-4-6-9-12/h4-6,8-9H,3,7,10,15H2,1-2H3. The second-order valence-electron chi connectivity index (χ2n) is 4.31. The second-order valence-corrected chi connectivity index (χ2v) is 4.31. The fourth-order valence-electron chi connectivity index (χ4n) is 2.03. The van der Waals surface area contributed by atoms with Crippen molar-refractivity contribution in [2.75, 3.05) is 5.73 Å². The maximum atomic E-state index is 6.14. The van der Waals surface area contributed by atoms with Crippen LogP contribution in [0.15, 0.2) is 30.3 Å². The maximum absolute atomic E-state index is 6.14. The van der Waals surface area contributed by atoms with E-state index in [0.29, 0.717) is 0 Å². The number of nitrogens with two attached hydrogens (primary N) is 1. The van der Waals surface area contributed by atoms with E-state index < -0.39 is 0 Å². The number of imidazole rings is 1. The first kappa shape index (κ1) is 11.7. The van der Waals surface area contributed by atoms with Gasteiger partial charge in [0.2, 0.25) is 0 Å². The van der Waals surface area contributed by atoms with E-state index in [1.807, 2.05) is 25.1 Å². The van der Waals surface area contributed by atoms with Crippen molar-refractivity contribution in [2.45, 2.75) is 33.2 Å². The molecule has 3 nitrogen and oxygen atoms in total. The summed E-state index contributed by atoms with van der Waals surface area (Å²) in [5, 5.41) is 0. The third kappa shape index (κ3) is 2.49. The van der Waals surface area contributed by atoms with Gasteiger partial charge in [-0.25, -0.2) is 4.98 Å². The average molecular weight is 229 g/mol. The van der Waals surface area contributed by atoms with E-state index in [9.17, 15) is 0 Å². The molecule has 0 aliphatic carbocycles. The summed E-state index contributed by atoms with van der Waals surface area (Å²) >= 11 is 0. The number of aromatic nitrogens is 2. The van der Waals surface area contributed by atoms with Gasteiger partial charge < -0.3 is 10.3 Å². The van der Waals surface area contributed by atoms with Gasteiger partial charge in [-0.1, -0.05) is 43.7 Å². The molecule has 90 valence electrons. The Morgan fingerprint density at radius 1 is 1.24 bits per heavy atom. The van der Waals surface area contributed by atoms with Crippen LogP contribution in [0.3, 0.4) is 0 Å². The van der Waals surface area contributed by atoms with Crippen LogP contribution in [0.4, 0.5) is 5.82 Å². The van der Waals surface area contributed by atoms with Crippen LogP contribution in [-0.4, -0.2) is 9.55 Å². The first-order valence-corrected chi connectivity index (χ1v) is 6.07. The monoisotopic (exact) mass is 229 g/mol. The van der Waals surface area contributed by atoms with Crippen molar-refractivity contribution < 1.29 is 0 Å². The van der Waals surface area contributed by atoms with Gasteiger partial charge in [0.15, 0.2) is 0 Å². The van der Waals surface area contributed by atoms with Gasteiger partial charge in [0.05, 0.1) is 12.2 Å². The van der Waals surface area contributed by atoms with Crippen LogP contribution >= 0.6 is 0 Å². The van der Waals surface area contributed by atoms with Crippen molar-refractivity contribution in [1.82, 2.24) is 9.55 Å². The Balaban J connectivity index is 2.27. The summed E-state index contributed by atoms with van der Waals surface area (Å²) in [4.78, 5) is 4.53. The molecule has 0 bridgehead atoms. The van der Waals surface area contributed by atoms with Crippen molar-refractivity contribution >= 4 is 5.82 Å². The molecule has 0 spiro atoms. The Labute approximate surface area is 102 Å². The zero-order valence-corrected chi connectivity index (χ0v) is 10.5. The minimum absolute atomic E-state index is 0.801. The van der Waals surface area contributed by atoms with Crippen LogP contribution in [0, 0.1) is 6.92 Å². The molecule has 0 amide bonds. The Morgan fingerprint density at radius 2 is 1.94 bits per heavy atom. The molecular weight excluding hydrogens is 210 g/mol. The maximum Gasteiger partial charge on any atom is 0.127 e. The van der Waals surface area contributed by atoms with Gasteiger partial charge in [-0.15, -0.1) is 0 Å². The average Bonchev–Trinajstić information content (AvgIpc) is 2.59. The normalized spacial score (nSPS) is 10.7. The Hall–Kier alpha value is -1.77. The molecule has 0 radical (unpaired) electrons. The number of rotatable bonds is 4. The van der Waals surface area contributed by atoms with Gasteiger partial charge in [0.1, 0.15) is 11.6 Å². The van der Waals surface area contributed by atoms with Crippen molar-refractivity contribution in [2.24, 2.45) is 0 Å². The third-order valence-corrected chi connectivity index (χ3v) is 2.94. The molecule has 2 aromatic rings. The minimum atomic E-state index is 0.801. The summed E-state index contributed by atoms with van der Waals surface area (Å²) in [6, 6.07) is 10.3. The van der Waals surface area contributed by atoms with E-state index in [1.165, 1.54) is 5.56 Å².